The lowest BCUT2D eigenvalue weighted by Gasteiger charge is -2.15. The van der Waals surface area contributed by atoms with Crippen LogP contribution in [0.4, 0.5) is 17.6 Å². The molecule has 1 rings (SSSR count). The highest BCUT2D eigenvalue weighted by atomic mass is 19.4. The fraction of sp³-hybridized carbons (Fsp3) is 0.300. The number of rotatable bonds is 2. The van der Waals surface area contributed by atoms with Gasteiger partial charge in [0.2, 0.25) is 0 Å². The zero-order valence-corrected chi connectivity index (χ0v) is 8.31. The second kappa shape index (κ2) is 4.51. The van der Waals surface area contributed by atoms with Crippen LogP contribution in [0.15, 0.2) is 24.3 Å². The molecule has 0 aliphatic rings. The average Bonchev–Trinajstić information content (AvgIpc) is 2.17. The molecular formula is C10H9F4NO. The van der Waals surface area contributed by atoms with Gasteiger partial charge in [0, 0.05) is 0 Å². The smallest absolute Gasteiger partial charge is 0.342 e. The molecule has 6 heteroatoms. The number of amides is 1. The van der Waals surface area contributed by atoms with Crippen molar-refractivity contribution in [2.75, 3.05) is 0 Å². The maximum atomic E-state index is 12.5. The first-order valence-electron chi connectivity index (χ1n) is 4.44. The molecule has 0 fully saturated rings. The Balaban J connectivity index is 2.69. The number of benzene rings is 1. The highest BCUT2D eigenvalue weighted by molar-refractivity contribution is 5.82. The number of carbonyl (C=O) groups excluding carboxylic acids is 1. The first-order valence-corrected chi connectivity index (χ1v) is 4.44. The number of hydrogen-bond acceptors (Lipinski definition) is 1. The van der Waals surface area contributed by atoms with Crippen LogP contribution >= 0.6 is 0 Å². The average molecular weight is 235 g/mol. The summed E-state index contributed by atoms with van der Waals surface area (Å²) in [6, 6.07) is 4.04. The van der Waals surface area contributed by atoms with E-state index in [1.54, 1.807) is 5.32 Å². The van der Waals surface area contributed by atoms with Gasteiger partial charge in [-0.15, -0.1) is 0 Å². The predicted octanol–water partition coefficient (Wildman–Crippen LogP) is 2.57. The maximum absolute atomic E-state index is 12.5. The lowest BCUT2D eigenvalue weighted by molar-refractivity contribution is -0.174. The lowest BCUT2D eigenvalue weighted by Crippen LogP contribution is -2.38. The van der Waals surface area contributed by atoms with Gasteiger partial charge in [0.05, 0.1) is 6.04 Å². The van der Waals surface area contributed by atoms with E-state index >= 15 is 0 Å². The number of nitrogens with one attached hydrogen (secondary N) is 1. The summed E-state index contributed by atoms with van der Waals surface area (Å²) in [5, 5.41) is 1.77. The first-order chi connectivity index (χ1) is 7.30. The van der Waals surface area contributed by atoms with Crippen molar-refractivity contribution in [2.45, 2.75) is 19.1 Å². The summed E-state index contributed by atoms with van der Waals surface area (Å²) in [4.78, 5) is 10.6. The van der Waals surface area contributed by atoms with Crippen LogP contribution in [0.1, 0.15) is 18.5 Å². The van der Waals surface area contributed by atoms with Crippen molar-refractivity contribution < 1.29 is 22.4 Å². The largest absolute Gasteiger partial charge is 0.471 e. The highest BCUT2D eigenvalue weighted by Crippen LogP contribution is 2.18. The Kier molecular flexibility index (Phi) is 3.51. The summed E-state index contributed by atoms with van der Waals surface area (Å²) in [5.41, 5.74) is 0.402. The minimum Gasteiger partial charge on any atom is -0.342 e. The third-order valence-corrected chi connectivity index (χ3v) is 1.98. The molecule has 0 bridgehead atoms. The van der Waals surface area contributed by atoms with Crippen LogP contribution in [-0.4, -0.2) is 12.1 Å². The van der Waals surface area contributed by atoms with E-state index in [2.05, 4.69) is 0 Å². The van der Waals surface area contributed by atoms with Crippen molar-refractivity contribution in [2.24, 2.45) is 0 Å². The molecule has 1 amide bonds. The summed E-state index contributed by atoms with van der Waals surface area (Å²) in [6.07, 6.45) is -4.91. The second-order valence-corrected chi connectivity index (χ2v) is 3.24. The van der Waals surface area contributed by atoms with Crippen LogP contribution in [0.2, 0.25) is 0 Å². The molecule has 0 saturated heterocycles. The van der Waals surface area contributed by atoms with E-state index in [0.717, 1.165) is 12.1 Å². The molecule has 0 saturated carbocycles. The lowest BCUT2D eigenvalue weighted by atomic mass is 10.1. The molecule has 0 heterocycles. The monoisotopic (exact) mass is 235 g/mol. The third-order valence-electron chi connectivity index (χ3n) is 1.98. The molecule has 1 atom stereocenters. The first kappa shape index (κ1) is 12.5. The van der Waals surface area contributed by atoms with Gasteiger partial charge < -0.3 is 5.32 Å². The fourth-order valence-corrected chi connectivity index (χ4v) is 1.11. The predicted molar refractivity (Wildman–Crippen MR) is 49.0 cm³/mol. The van der Waals surface area contributed by atoms with Gasteiger partial charge in [-0.2, -0.15) is 13.2 Å². The third kappa shape index (κ3) is 3.22. The van der Waals surface area contributed by atoms with E-state index < -0.39 is 23.9 Å². The molecule has 0 aromatic heterocycles. The van der Waals surface area contributed by atoms with Crippen molar-refractivity contribution in [3.05, 3.63) is 35.6 Å². The van der Waals surface area contributed by atoms with Crippen LogP contribution in [0.25, 0.3) is 0 Å². The minimum atomic E-state index is -4.91. The molecule has 0 radical (unpaired) electrons. The Labute approximate surface area is 89.3 Å². The summed E-state index contributed by atoms with van der Waals surface area (Å²) < 4.78 is 48.3. The molecule has 0 unspecified atom stereocenters. The van der Waals surface area contributed by atoms with Gasteiger partial charge >= 0.3 is 12.1 Å². The highest BCUT2D eigenvalue weighted by Gasteiger charge is 2.39. The summed E-state index contributed by atoms with van der Waals surface area (Å²) >= 11 is 0. The second-order valence-electron chi connectivity index (χ2n) is 3.24. The Hall–Kier alpha value is -1.59. The van der Waals surface area contributed by atoms with Crippen molar-refractivity contribution in [1.82, 2.24) is 5.32 Å². The number of hydrogen-bond donors (Lipinski definition) is 1. The Morgan fingerprint density at radius 3 is 2.19 bits per heavy atom. The van der Waals surface area contributed by atoms with Gasteiger partial charge in [0.25, 0.3) is 0 Å². The van der Waals surface area contributed by atoms with Gasteiger partial charge in [-0.25, -0.2) is 4.39 Å². The molecule has 1 N–H and O–H groups in total. The zero-order chi connectivity index (χ0) is 12.3. The van der Waals surface area contributed by atoms with Crippen LogP contribution < -0.4 is 5.32 Å². The van der Waals surface area contributed by atoms with E-state index in [1.165, 1.54) is 19.1 Å². The molecule has 0 aliphatic heterocycles. The van der Waals surface area contributed by atoms with Crippen molar-refractivity contribution in [3.63, 3.8) is 0 Å². The van der Waals surface area contributed by atoms with Crippen LogP contribution in [0.5, 0.6) is 0 Å². The van der Waals surface area contributed by atoms with Gasteiger partial charge in [-0.05, 0) is 24.6 Å². The molecular weight excluding hydrogens is 226 g/mol. The number of halogens is 4. The Bertz CT molecular complexity index is 371. The van der Waals surface area contributed by atoms with Crippen LogP contribution in [0, 0.1) is 5.82 Å². The normalized spacial score (nSPS) is 13.3. The van der Waals surface area contributed by atoms with E-state index in [0.29, 0.717) is 5.56 Å². The standard InChI is InChI=1S/C10H9F4NO/c1-6(15-9(16)10(12,13)14)7-2-4-8(11)5-3-7/h2-6H,1H3,(H,15,16)/t6-/m1/s1. The minimum absolute atomic E-state index is 0.402. The van der Waals surface area contributed by atoms with E-state index in [9.17, 15) is 22.4 Å². The van der Waals surface area contributed by atoms with Gasteiger partial charge in [-0.1, -0.05) is 12.1 Å². The summed E-state index contributed by atoms with van der Waals surface area (Å²) in [5.74, 6) is -2.50. The quantitative estimate of drug-likeness (QED) is 0.784. The van der Waals surface area contributed by atoms with Gasteiger partial charge in [-0.3, -0.25) is 4.79 Å². The van der Waals surface area contributed by atoms with Crippen molar-refractivity contribution >= 4 is 5.91 Å². The Morgan fingerprint density at radius 2 is 1.75 bits per heavy atom. The number of alkyl halides is 3. The number of carbonyl (C=O) groups is 1. The molecule has 0 aliphatic carbocycles. The van der Waals surface area contributed by atoms with E-state index in [-0.39, 0.29) is 0 Å². The molecule has 88 valence electrons. The van der Waals surface area contributed by atoms with Gasteiger partial charge in [0.15, 0.2) is 0 Å². The topological polar surface area (TPSA) is 29.1 Å². The van der Waals surface area contributed by atoms with E-state index in [1.807, 2.05) is 0 Å². The van der Waals surface area contributed by atoms with E-state index in [4.69, 9.17) is 0 Å². The molecule has 0 spiro atoms. The fourth-order valence-electron chi connectivity index (χ4n) is 1.11. The van der Waals surface area contributed by atoms with Gasteiger partial charge in [0.1, 0.15) is 5.82 Å². The van der Waals surface area contributed by atoms with Crippen molar-refractivity contribution in [1.29, 1.82) is 0 Å². The zero-order valence-electron chi connectivity index (χ0n) is 8.31. The SMILES string of the molecule is C[C@@H](NC(=O)C(F)(F)F)c1ccc(F)cc1. The van der Waals surface area contributed by atoms with Crippen LogP contribution in [-0.2, 0) is 4.79 Å². The molecule has 2 nitrogen and oxygen atoms in total. The van der Waals surface area contributed by atoms with Crippen molar-refractivity contribution in [3.8, 4) is 0 Å². The molecule has 16 heavy (non-hydrogen) atoms. The summed E-state index contributed by atoms with van der Waals surface area (Å²) in [6.45, 7) is 1.39. The Morgan fingerprint density at radius 1 is 1.25 bits per heavy atom. The summed E-state index contributed by atoms with van der Waals surface area (Å²) in [7, 11) is 0. The molecule has 1 aromatic carbocycles. The van der Waals surface area contributed by atoms with Crippen LogP contribution in [0.3, 0.4) is 0 Å². The maximum Gasteiger partial charge on any atom is 0.471 e. The molecule has 1 aromatic rings.